The van der Waals surface area contributed by atoms with Gasteiger partial charge in [0.05, 0.1) is 32.0 Å². The monoisotopic (exact) mass is 904 g/mol. The molecule has 14 nitrogen and oxygen atoms in total. The third-order valence-electron chi connectivity index (χ3n) is 12.7. The Morgan fingerprint density at radius 3 is 1.52 bits per heavy atom. The predicted octanol–water partition coefficient (Wildman–Crippen LogP) is 6.38. The number of unbranched alkanes of at least 4 members (excludes halogenated alkanes) is 24. The number of hydrogen-bond acceptors (Lipinski definition) is 13. The van der Waals surface area contributed by atoms with E-state index in [0.717, 1.165) is 64.2 Å². The molecular formula is C49H93NO13. The number of aliphatic hydroxyl groups excluding tert-OH is 8. The fraction of sp³-hybridized carbons (Fsp3) is 0.939. The van der Waals surface area contributed by atoms with Gasteiger partial charge in [-0.1, -0.05) is 167 Å². The number of rotatable bonds is 39. The molecule has 63 heavy (non-hydrogen) atoms. The Bertz CT molecular complexity index is 1120. The molecule has 0 spiro atoms. The lowest BCUT2D eigenvalue weighted by molar-refractivity contribution is -0.359. The molecule has 0 aromatic carbocycles. The summed E-state index contributed by atoms with van der Waals surface area (Å²) in [5.41, 5.74) is 0. The number of aliphatic hydroxyl groups is 8. The number of ether oxygens (including phenoxy) is 4. The second-order valence-corrected chi connectivity index (χ2v) is 18.3. The molecule has 2 aliphatic heterocycles. The Morgan fingerprint density at radius 1 is 0.556 bits per heavy atom. The van der Waals surface area contributed by atoms with E-state index in [-0.39, 0.29) is 12.5 Å². The van der Waals surface area contributed by atoms with Gasteiger partial charge in [0.2, 0.25) is 5.91 Å². The Balaban J connectivity index is 1.84. The molecular weight excluding hydrogens is 811 g/mol. The summed E-state index contributed by atoms with van der Waals surface area (Å²) in [7, 11) is 0. The molecule has 0 aromatic rings. The standard InChI is InChI=1S/C49H93NO13/c1-3-5-7-9-11-13-15-17-18-19-21-22-24-26-28-30-32-38(53)37(50-41(54)33-31-29-27-25-23-20-16-14-12-10-8-6-4-2)36-60-48-46(59)44(57)47(40(35-52)62-48)63-49-45(58)43(56)42(55)39(34-51)61-49/h14,16,37-40,42-49,51-53,55-59H,3-13,15,17-36H2,1-2H3,(H,50,54)/b16-14-. The molecule has 0 aromatic heterocycles. The van der Waals surface area contributed by atoms with Crippen LogP contribution in [0.2, 0.25) is 0 Å². The van der Waals surface area contributed by atoms with Crippen molar-refractivity contribution in [2.75, 3.05) is 19.8 Å². The zero-order chi connectivity index (χ0) is 46.1. The van der Waals surface area contributed by atoms with E-state index in [4.69, 9.17) is 18.9 Å². The van der Waals surface area contributed by atoms with E-state index in [2.05, 4.69) is 31.3 Å². The third kappa shape index (κ3) is 24.4. The lowest BCUT2D eigenvalue weighted by Gasteiger charge is -2.46. The van der Waals surface area contributed by atoms with Gasteiger partial charge in [-0.2, -0.15) is 0 Å². The molecule has 0 radical (unpaired) electrons. The largest absolute Gasteiger partial charge is 0.394 e. The smallest absolute Gasteiger partial charge is 0.220 e. The summed E-state index contributed by atoms with van der Waals surface area (Å²) < 4.78 is 22.7. The summed E-state index contributed by atoms with van der Waals surface area (Å²) in [5, 5.41) is 86.8. The topological polar surface area (TPSA) is 228 Å². The Hall–Kier alpha value is -1.27. The van der Waals surface area contributed by atoms with E-state index in [1.165, 1.54) is 103 Å². The minimum absolute atomic E-state index is 0.216. The third-order valence-corrected chi connectivity index (χ3v) is 12.7. The Morgan fingerprint density at radius 2 is 1.00 bits per heavy atom. The average molecular weight is 904 g/mol. The van der Waals surface area contributed by atoms with Gasteiger partial charge in [0.25, 0.3) is 0 Å². The van der Waals surface area contributed by atoms with Gasteiger partial charge < -0.3 is 65.1 Å². The number of carbonyl (C=O) groups excluding carboxylic acids is 1. The van der Waals surface area contributed by atoms with Crippen molar-refractivity contribution in [3.8, 4) is 0 Å². The van der Waals surface area contributed by atoms with Gasteiger partial charge in [0.1, 0.15) is 48.8 Å². The predicted molar refractivity (Wildman–Crippen MR) is 245 cm³/mol. The van der Waals surface area contributed by atoms with Gasteiger partial charge >= 0.3 is 0 Å². The van der Waals surface area contributed by atoms with Gasteiger partial charge in [0.15, 0.2) is 12.6 Å². The van der Waals surface area contributed by atoms with Crippen LogP contribution >= 0.6 is 0 Å². The van der Waals surface area contributed by atoms with E-state index in [1.807, 2.05) is 0 Å². The van der Waals surface area contributed by atoms with Crippen molar-refractivity contribution in [1.82, 2.24) is 5.32 Å². The van der Waals surface area contributed by atoms with Crippen LogP contribution in [0.25, 0.3) is 0 Å². The number of hydrogen-bond donors (Lipinski definition) is 9. The van der Waals surface area contributed by atoms with Crippen LogP contribution in [0.5, 0.6) is 0 Å². The minimum atomic E-state index is -1.78. The van der Waals surface area contributed by atoms with Crippen molar-refractivity contribution < 1.29 is 64.6 Å². The van der Waals surface area contributed by atoms with Crippen molar-refractivity contribution >= 4 is 5.91 Å². The highest BCUT2D eigenvalue weighted by molar-refractivity contribution is 5.76. The first-order valence-electron chi connectivity index (χ1n) is 25.4. The van der Waals surface area contributed by atoms with Crippen molar-refractivity contribution in [1.29, 1.82) is 0 Å². The number of amides is 1. The zero-order valence-electron chi connectivity index (χ0n) is 39.3. The van der Waals surface area contributed by atoms with Crippen LogP contribution in [0.3, 0.4) is 0 Å². The molecule has 9 N–H and O–H groups in total. The van der Waals surface area contributed by atoms with Crippen LogP contribution in [-0.2, 0) is 23.7 Å². The number of nitrogens with one attached hydrogen (secondary N) is 1. The first-order valence-corrected chi connectivity index (χ1v) is 25.4. The van der Waals surface area contributed by atoms with E-state index >= 15 is 0 Å². The van der Waals surface area contributed by atoms with Crippen LogP contribution in [0.1, 0.15) is 200 Å². The molecule has 2 heterocycles. The summed E-state index contributed by atoms with van der Waals surface area (Å²) in [6.45, 7) is 2.83. The van der Waals surface area contributed by atoms with Crippen LogP contribution in [-0.4, -0.2) is 140 Å². The summed E-state index contributed by atoms with van der Waals surface area (Å²) >= 11 is 0. The van der Waals surface area contributed by atoms with Gasteiger partial charge in [-0.15, -0.1) is 0 Å². The quantitative estimate of drug-likeness (QED) is 0.0241. The van der Waals surface area contributed by atoms with Gasteiger partial charge in [-0.25, -0.2) is 0 Å². The van der Waals surface area contributed by atoms with Crippen molar-refractivity contribution in [2.24, 2.45) is 0 Å². The summed E-state index contributed by atoms with van der Waals surface area (Å²) in [6.07, 6.45) is 20.7. The molecule has 0 bridgehead atoms. The molecule has 2 saturated heterocycles. The van der Waals surface area contributed by atoms with E-state index in [0.29, 0.717) is 19.3 Å². The second kappa shape index (κ2) is 36.8. The summed E-state index contributed by atoms with van der Waals surface area (Å²) in [6, 6.07) is -0.828. The molecule has 14 heteroatoms. The maximum Gasteiger partial charge on any atom is 0.220 e. The molecule has 372 valence electrons. The van der Waals surface area contributed by atoms with E-state index in [9.17, 15) is 45.6 Å². The molecule has 1 amide bonds. The highest BCUT2D eigenvalue weighted by atomic mass is 16.7. The second-order valence-electron chi connectivity index (χ2n) is 18.3. The van der Waals surface area contributed by atoms with Crippen molar-refractivity contribution in [2.45, 2.75) is 274 Å². The van der Waals surface area contributed by atoms with Gasteiger partial charge in [0, 0.05) is 6.42 Å². The van der Waals surface area contributed by atoms with E-state index in [1.54, 1.807) is 0 Å². The SMILES string of the molecule is CCCCCC/C=C\CCCCCCCC(=O)NC(COC1OC(CO)C(OC2OC(CO)C(O)C(O)C2O)C(O)C1O)C(O)CCCCCCCCCCCCCCCCCC. The highest BCUT2D eigenvalue weighted by Crippen LogP contribution is 2.30. The lowest BCUT2D eigenvalue weighted by Crippen LogP contribution is -2.65. The highest BCUT2D eigenvalue weighted by Gasteiger charge is 2.51. The van der Waals surface area contributed by atoms with Crippen LogP contribution in [0, 0.1) is 0 Å². The maximum absolute atomic E-state index is 13.2. The van der Waals surface area contributed by atoms with Crippen molar-refractivity contribution in [3.05, 3.63) is 12.2 Å². The molecule has 12 atom stereocenters. The molecule has 2 fully saturated rings. The molecule has 12 unspecified atom stereocenters. The van der Waals surface area contributed by atoms with Crippen LogP contribution < -0.4 is 5.32 Å². The van der Waals surface area contributed by atoms with E-state index < -0.39 is 86.8 Å². The van der Waals surface area contributed by atoms with Crippen LogP contribution in [0.15, 0.2) is 12.2 Å². The van der Waals surface area contributed by atoms with Gasteiger partial charge in [-0.05, 0) is 38.5 Å². The molecule has 2 rings (SSSR count). The first kappa shape index (κ1) is 57.9. The number of carbonyl (C=O) groups is 1. The van der Waals surface area contributed by atoms with Crippen LogP contribution in [0.4, 0.5) is 0 Å². The summed E-state index contributed by atoms with van der Waals surface area (Å²) in [5.74, 6) is -0.216. The molecule has 0 saturated carbocycles. The maximum atomic E-state index is 13.2. The fourth-order valence-corrected chi connectivity index (χ4v) is 8.52. The molecule has 2 aliphatic rings. The fourth-order valence-electron chi connectivity index (χ4n) is 8.52. The molecule has 0 aliphatic carbocycles. The normalized spacial score (nSPS) is 27.5. The van der Waals surface area contributed by atoms with Crippen molar-refractivity contribution in [3.63, 3.8) is 0 Å². The Kier molecular flexibility index (Phi) is 33.8. The number of allylic oxidation sites excluding steroid dienone is 2. The minimum Gasteiger partial charge on any atom is -0.394 e. The Labute approximate surface area is 380 Å². The zero-order valence-corrected chi connectivity index (χ0v) is 39.3. The average Bonchev–Trinajstić information content (AvgIpc) is 3.28. The first-order chi connectivity index (χ1) is 30.6. The van der Waals surface area contributed by atoms with Gasteiger partial charge in [-0.3, -0.25) is 4.79 Å². The lowest BCUT2D eigenvalue weighted by atomic mass is 9.97. The summed E-state index contributed by atoms with van der Waals surface area (Å²) in [4.78, 5) is 13.2.